The molecule has 0 bridgehead atoms. The summed E-state index contributed by atoms with van der Waals surface area (Å²) in [4.78, 5) is 25.4. The summed E-state index contributed by atoms with van der Waals surface area (Å²) in [5, 5.41) is 0.352. The van der Waals surface area contributed by atoms with Gasteiger partial charge in [0.15, 0.2) is 0 Å². The molecular formula is C18H11ClF3NO3. The van der Waals surface area contributed by atoms with E-state index in [1.165, 1.54) is 31.2 Å². The number of alkyl halides is 3. The third kappa shape index (κ3) is 3.57. The Balaban J connectivity index is 2.06. The van der Waals surface area contributed by atoms with Crippen molar-refractivity contribution in [1.29, 1.82) is 0 Å². The van der Waals surface area contributed by atoms with E-state index in [9.17, 15) is 22.8 Å². The number of ether oxygens (including phenoxy) is 1. The fraction of sp³-hybridized carbons (Fsp3) is 0.111. The third-order valence-electron chi connectivity index (χ3n) is 3.64. The van der Waals surface area contributed by atoms with Crippen LogP contribution in [0.25, 0.3) is 11.6 Å². The molecule has 26 heavy (non-hydrogen) atoms. The molecule has 0 unspecified atom stereocenters. The number of nitrogens with zero attached hydrogens (tertiary/aromatic N) is 1. The predicted molar refractivity (Wildman–Crippen MR) is 90.6 cm³/mol. The molecule has 0 radical (unpaired) electrons. The van der Waals surface area contributed by atoms with E-state index in [0.717, 1.165) is 17.0 Å². The van der Waals surface area contributed by atoms with Gasteiger partial charge in [0.2, 0.25) is 5.91 Å². The Bertz CT molecular complexity index is 938. The van der Waals surface area contributed by atoms with Gasteiger partial charge >= 0.3 is 6.36 Å². The number of carbonyl (C=O) groups excluding carboxylic acids is 2. The molecule has 0 aromatic heterocycles. The number of carbonyl (C=O) groups is 2. The van der Waals surface area contributed by atoms with Gasteiger partial charge in [0, 0.05) is 17.5 Å². The van der Waals surface area contributed by atoms with Crippen molar-refractivity contribution in [2.24, 2.45) is 0 Å². The first-order chi connectivity index (χ1) is 12.2. The Hall–Kier alpha value is -2.80. The Labute approximate surface area is 151 Å². The highest BCUT2D eigenvalue weighted by Crippen LogP contribution is 2.39. The van der Waals surface area contributed by atoms with Crippen molar-refractivity contribution in [1.82, 2.24) is 0 Å². The van der Waals surface area contributed by atoms with Gasteiger partial charge < -0.3 is 4.74 Å². The Morgan fingerprint density at radius 3 is 2.58 bits per heavy atom. The van der Waals surface area contributed by atoms with E-state index in [4.69, 9.17) is 11.6 Å². The first-order valence-corrected chi connectivity index (χ1v) is 7.76. The molecule has 134 valence electrons. The molecule has 0 atom stereocenters. The SMILES string of the molecule is CC(=O)N1C(=O)C(=Cc2cccc(OC(F)(F)F)c2)c2ccc(Cl)cc21. The third-order valence-corrected chi connectivity index (χ3v) is 3.88. The smallest absolute Gasteiger partial charge is 0.406 e. The molecule has 4 nitrogen and oxygen atoms in total. The van der Waals surface area contributed by atoms with Crippen molar-refractivity contribution in [2.75, 3.05) is 4.90 Å². The average Bonchev–Trinajstić information content (AvgIpc) is 2.77. The number of halogens is 4. The Morgan fingerprint density at radius 1 is 1.19 bits per heavy atom. The molecule has 0 fully saturated rings. The molecular weight excluding hydrogens is 371 g/mol. The zero-order valence-electron chi connectivity index (χ0n) is 13.3. The molecule has 3 rings (SSSR count). The number of fused-ring (bicyclic) bond motifs is 1. The second-order valence-electron chi connectivity index (χ2n) is 5.50. The lowest BCUT2D eigenvalue weighted by atomic mass is 10.0. The van der Waals surface area contributed by atoms with Crippen LogP contribution in [0.3, 0.4) is 0 Å². The molecule has 8 heteroatoms. The topological polar surface area (TPSA) is 46.6 Å². The summed E-state index contributed by atoms with van der Waals surface area (Å²) in [5.74, 6) is -1.47. The molecule has 0 N–H and O–H groups in total. The summed E-state index contributed by atoms with van der Waals surface area (Å²) < 4.78 is 41.0. The summed E-state index contributed by atoms with van der Waals surface area (Å²) in [6, 6.07) is 9.84. The van der Waals surface area contributed by atoms with Crippen LogP contribution < -0.4 is 9.64 Å². The summed E-state index contributed by atoms with van der Waals surface area (Å²) in [7, 11) is 0. The monoisotopic (exact) mass is 381 g/mol. The minimum atomic E-state index is -4.82. The minimum absolute atomic E-state index is 0.177. The number of imide groups is 1. The highest BCUT2D eigenvalue weighted by molar-refractivity contribution is 6.42. The number of anilines is 1. The molecule has 1 heterocycles. The first kappa shape index (κ1) is 18.0. The van der Waals surface area contributed by atoms with Gasteiger partial charge in [-0.1, -0.05) is 29.8 Å². The summed E-state index contributed by atoms with van der Waals surface area (Å²) in [6.45, 7) is 1.24. The quantitative estimate of drug-likeness (QED) is 0.710. The van der Waals surface area contributed by atoms with Gasteiger partial charge in [-0.2, -0.15) is 0 Å². The van der Waals surface area contributed by atoms with Crippen molar-refractivity contribution in [2.45, 2.75) is 13.3 Å². The highest BCUT2D eigenvalue weighted by Gasteiger charge is 2.35. The maximum absolute atomic E-state index is 12.6. The van der Waals surface area contributed by atoms with Crippen LogP contribution in [0.5, 0.6) is 5.75 Å². The van der Waals surface area contributed by atoms with Crippen molar-refractivity contribution < 1.29 is 27.5 Å². The van der Waals surface area contributed by atoms with Crippen molar-refractivity contribution in [3.05, 3.63) is 58.6 Å². The maximum atomic E-state index is 12.6. The van der Waals surface area contributed by atoms with Gasteiger partial charge in [-0.3, -0.25) is 9.59 Å². The van der Waals surface area contributed by atoms with Crippen molar-refractivity contribution in [3.63, 3.8) is 0 Å². The largest absolute Gasteiger partial charge is 0.573 e. The molecule has 0 aliphatic carbocycles. The Morgan fingerprint density at radius 2 is 1.92 bits per heavy atom. The molecule has 1 aliphatic heterocycles. The van der Waals surface area contributed by atoms with Gasteiger partial charge in [-0.05, 0) is 35.9 Å². The second kappa shape index (κ2) is 6.49. The van der Waals surface area contributed by atoms with E-state index in [-0.39, 0.29) is 5.57 Å². The normalized spacial score (nSPS) is 15.3. The maximum Gasteiger partial charge on any atom is 0.573 e. The lowest BCUT2D eigenvalue weighted by Crippen LogP contribution is -2.31. The number of rotatable bonds is 2. The fourth-order valence-corrected chi connectivity index (χ4v) is 2.85. The molecule has 1 aliphatic rings. The van der Waals surface area contributed by atoms with E-state index in [0.29, 0.717) is 21.8 Å². The molecule has 0 saturated carbocycles. The van der Waals surface area contributed by atoms with Crippen LogP contribution in [0, 0.1) is 0 Å². The number of benzene rings is 2. The van der Waals surface area contributed by atoms with E-state index >= 15 is 0 Å². The van der Waals surface area contributed by atoms with Crippen LogP contribution in [-0.2, 0) is 9.59 Å². The van der Waals surface area contributed by atoms with Gasteiger partial charge in [0.05, 0.1) is 11.3 Å². The van der Waals surface area contributed by atoms with Crippen LogP contribution in [0.1, 0.15) is 18.1 Å². The van der Waals surface area contributed by atoms with Crippen LogP contribution in [0.2, 0.25) is 5.02 Å². The van der Waals surface area contributed by atoms with Gasteiger partial charge in [0.1, 0.15) is 5.75 Å². The number of hydrogen-bond donors (Lipinski definition) is 0. The summed E-state index contributed by atoms with van der Waals surface area (Å²) in [6.07, 6.45) is -3.41. The molecule has 2 amide bonds. The van der Waals surface area contributed by atoms with Crippen molar-refractivity contribution >= 4 is 40.8 Å². The van der Waals surface area contributed by atoms with Crippen LogP contribution in [0.4, 0.5) is 18.9 Å². The fourth-order valence-electron chi connectivity index (χ4n) is 2.68. The van der Waals surface area contributed by atoms with Crippen molar-refractivity contribution in [3.8, 4) is 5.75 Å². The van der Waals surface area contributed by atoms with Crippen LogP contribution in [0.15, 0.2) is 42.5 Å². The zero-order valence-corrected chi connectivity index (χ0v) is 14.1. The van der Waals surface area contributed by atoms with Gasteiger partial charge in [-0.25, -0.2) is 4.90 Å². The zero-order chi connectivity index (χ0) is 19.1. The lowest BCUT2D eigenvalue weighted by Gasteiger charge is -2.12. The lowest BCUT2D eigenvalue weighted by molar-refractivity contribution is -0.274. The van der Waals surface area contributed by atoms with Crippen LogP contribution in [-0.4, -0.2) is 18.2 Å². The van der Waals surface area contributed by atoms with E-state index in [1.807, 2.05) is 0 Å². The van der Waals surface area contributed by atoms with Gasteiger partial charge in [-0.15, -0.1) is 13.2 Å². The average molecular weight is 382 g/mol. The molecule has 2 aromatic rings. The summed E-state index contributed by atoms with van der Waals surface area (Å²) >= 11 is 5.94. The molecule has 0 spiro atoms. The second-order valence-corrected chi connectivity index (χ2v) is 5.94. The van der Waals surface area contributed by atoms with Crippen LogP contribution >= 0.6 is 11.6 Å². The first-order valence-electron chi connectivity index (χ1n) is 7.38. The standard InChI is InChI=1S/C18H11ClF3NO3/c1-10(24)23-16-9-12(19)5-6-14(16)15(17(23)25)8-11-3-2-4-13(7-11)26-18(20,21)22/h2-9H,1H3. The molecule has 2 aromatic carbocycles. The van der Waals surface area contributed by atoms with E-state index < -0.39 is 23.9 Å². The highest BCUT2D eigenvalue weighted by atomic mass is 35.5. The van der Waals surface area contributed by atoms with E-state index in [2.05, 4.69) is 4.74 Å². The molecule has 0 saturated heterocycles. The van der Waals surface area contributed by atoms with Gasteiger partial charge in [0.25, 0.3) is 5.91 Å². The summed E-state index contributed by atoms with van der Waals surface area (Å²) in [5.41, 5.74) is 1.30. The van der Waals surface area contributed by atoms with E-state index in [1.54, 1.807) is 12.1 Å². The number of hydrogen-bond acceptors (Lipinski definition) is 3. The number of amides is 2. The Kier molecular flexibility index (Phi) is 4.50. The predicted octanol–water partition coefficient (Wildman–Crippen LogP) is 4.67. The minimum Gasteiger partial charge on any atom is -0.406 e.